The molecule has 2 heterocycles. The number of aliphatic hydroxyl groups excluding tert-OH is 3. The van der Waals surface area contributed by atoms with Crippen LogP contribution in [0.25, 0.3) is 11.1 Å². The Bertz CT molecular complexity index is 1760. The lowest BCUT2D eigenvalue weighted by atomic mass is 9.74. The van der Waals surface area contributed by atoms with E-state index in [2.05, 4.69) is 5.32 Å². The van der Waals surface area contributed by atoms with Gasteiger partial charge in [0.1, 0.15) is 23.9 Å². The number of ether oxygens (including phenoxy) is 4. The number of nitrogens with one attached hydrogen (secondary N) is 1. The van der Waals surface area contributed by atoms with Crippen molar-refractivity contribution in [3.8, 4) is 45.6 Å². The van der Waals surface area contributed by atoms with Crippen LogP contribution in [0.4, 0.5) is 5.69 Å². The minimum absolute atomic E-state index is 0.0717. The van der Waals surface area contributed by atoms with Gasteiger partial charge < -0.3 is 49.8 Å². The van der Waals surface area contributed by atoms with Gasteiger partial charge in [0, 0.05) is 46.0 Å². The highest BCUT2D eigenvalue weighted by Crippen LogP contribution is 2.57. The number of hydrogen-bond donors (Lipinski definition) is 6. The Balaban J connectivity index is 1.32. The summed E-state index contributed by atoms with van der Waals surface area (Å²) in [4.78, 5) is 0. The predicted molar refractivity (Wildman–Crippen MR) is 161 cm³/mol. The van der Waals surface area contributed by atoms with Crippen molar-refractivity contribution >= 4 is 5.69 Å². The Kier molecular flexibility index (Phi) is 6.92. The summed E-state index contributed by atoms with van der Waals surface area (Å²) in [6.07, 6.45) is -1.01. The van der Waals surface area contributed by atoms with Crippen LogP contribution < -0.4 is 24.3 Å². The predicted octanol–water partition coefficient (Wildman–Crippen LogP) is 4.58. The second-order valence-corrected chi connectivity index (χ2v) is 11.3. The molecule has 3 aliphatic rings. The number of fused-ring (bicyclic) bond motifs is 2. The average Bonchev–Trinajstić information content (AvgIpc) is 3.03. The van der Waals surface area contributed by atoms with E-state index in [1.807, 2.05) is 24.3 Å². The fourth-order valence-electron chi connectivity index (χ4n) is 6.80. The van der Waals surface area contributed by atoms with E-state index in [9.17, 15) is 25.5 Å². The number of hydrogen-bond acceptors (Lipinski definition) is 10. The molecule has 44 heavy (non-hydrogen) atoms. The summed E-state index contributed by atoms with van der Waals surface area (Å²) in [6, 6.07) is 14.2. The summed E-state index contributed by atoms with van der Waals surface area (Å²) < 4.78 is 23.2. The second kappa shape index (κ2) is 10.8. The van der Waals surface area contributed by atoms with Crippen molar-refractivity contribution < 1.29 is 44.5 Å². The van der Waals surface area contributed by atoms with Crippen molar-refractivity contribution in [3.63, 3.8) is 0 Å². The van der Waals surface area contributed by atoms with Crippen molar-refractivity contribution in [2.75, 3.05) is 26.1 Å². The molecule has 0 amide bonds. The molecule has 0 saturated carbocycles. The van der Waals surface area contributed by atoms with Crippen molar-refractivity contribution in [2.45, 2.75) is 44.3 Å². The Morgan fingerprint density at radius 1 is 0.864 bits per heavy atom. The monoisotopic (exact) mass is 599 g/mol. The van der Waals surface area contributed by atoms with Crippen molar-refractivity contribution in [3.05, 3.63) is 87.5 Å². The molecule has 0 spiro atoms. The highest BCUT2D eigenvalue weighted by molar-refractivity contribution is 5.93. The molecule has 228 valence electrons. The molecule has 0 saturated heterocycles. The molecule has 0 unspecified atom stereocenters. The van der Waals surface area contributed by atoms with Gasteiger partial charge in [0.05, 0.1) is 39.1 Å². The van der Waals surface area contributed by atoms with E-state index in [0.29, 0.717) is 52.3 Å². The van der Waals surface area contributed by atoms with Gasteiger partial charge >= 0.3 is 0 Å². The lowest BCUT2D eigenvalue weighted by Crippen LogP contribution is -2.29. The van der Waals surface area contributed by atoms with E-state index < -0.39 is 18.2 Å². The van der Waals surface area contributed by atoms with Crippen LogP contribution in [0.3, 0.4) is 0 Å². The summed E-state index contributed by atoms with van der Waals surface area (Å²) >= 11 is 0. The zero-order valence-electron chi connectivity index (χ0n) is 24.3. The van der Waals surface area contributed by atoms with E-state index in [1.165, 1.54) is 14.2 Å². The lowest BCUT2D eigenvalue weighted by molar-refractivity contribution is 0.0878. The van der Waals surface area contributed by atoms with Crippen LogP contribution in [0.2, 0.25) is 0 Å². The summed E-state index contributed by atoms with van der Waals surface area (Å²) in [6.45, 7) is 0.333. The van der Waals surface area contributed by atoms with Gasteiger partial charge in [-0.15, -0.1) is 0 Å². The first-order valence-corrected chi connectivity index (χ1v) is 14.4. The van der Waals surface area contributed by atoms with Gasteiger partial charge in [0.2, 0.25) is 5.75 Å². The van der Waals surface area contributed by atoms with Crippen molar-refractivity contribution in [1.82, 2.24) is 0 Å². The van der Waals surface area contributed by atoms with Gasteiger partial charge in [0.25, 0.3) is 0 Å². The quantitative estimate of drug-likeness (QED) is 0.178. The smallest absolute Gasteiger partial charge is 0.200 e. The third-order valence-corrected chi connectivity index (χ3v) is 8.88. The molecule has 7 rings (SSSR count). The first-order chi connectivity index (χ1) is 21.3. The number of phenolic OH excluding ortho intramolecular Hbond substituents is 2. The molecule has 10 heteroatoms. The van der Waals surface area contributed by atoms with Crippen LogP contribution in [0.1, 0.15) is 57.2 Å². The highest BCUT2D eigenvalue weighted by Gasteiger charge is 2.41. The SMILES string of the molecule is COc1cc([C@H]2COc3cc4c5c(c3[C@H]2O)CCc2c(OCc3cccc(CO)c3)cc(O)c(c2-5)[C@H](O)N4)cc(OC)c1O. The number of phenols is 2. The van der Waals surface area contributed by atoms with Crippen molar-refractivity contribution in [2.24, 2.45) is 0 Å². The second-order valence-electron chi connectivity index (χ2n) is 11.3. The summed E-state index contributed by atoms with van der Waals surface area (Å²) in [5.41, 5.74) is 7.20. The van der Waals surface area contributed by atoms with Crippen LogP contribution in [0.5, 0.6) is 34.5 Å². The Morgan fingerprint density at radius 2 is 1.59 bits per heavy atom. The van der Waals surface area contributed by atoms with E-state index >= 15 is 0 Å². The van der Waals surface area contributed by atoms with E-state index in [4.69, 9.17) is 18.9 Å². The minimum Gasteiger partial charge on any atom is -0.507 e. The molecule has 6 N–H and O–H groups in total. The van der Waals surface area contributed by atoms with Gasteiger partial charge in [-0.05, 0) is 47.2 Å². The largest absolute Gasteiger partial charge is 0.507 e. The van der Waals surface area contributed by atoms with Crippen LogP contribution in [0.15, 0.2) is 48.5 Å². The first-order valence-electron chi connectivity index (χ1n) is 14.4. The lowest BCUT2D eigenvalue weighted by Gasteiger charge is -2.39. The maximum Gasteiger partial charge on any atom is 0.200 e. The molecule has 0 bridgehead atoms. The fourth-order valence-corrected chi connectivity index (χ4v) is 6.80. The maximum absolute atomic E-state index is 11.9. The van der Waals surface area contributed by atoms with Gasteiger partial charge in [-0.25, -0.2) is 0 Å². The average molecular weight is 600 g/mol. The zero-order valence-corrected chi connectivity index (χ0v) is 24.3. The number of anilines is 1. The molecule has 0 radical (unpaired) electrons. The Hall–Kier alpha value is -4.64. The van der Waals surface area contributed by atoms with Crippen LogP contribution in [-0.2, 0) is 26.1 Å². The molecule has 1 aliphatic carbocycles. The molecular formula is C34H33NO9. The van der Waals surface area contributed by atoms with Crippen LogP contribution in [-0.4, -0.2) is 46.4 Å². The molecule has 3 atom stereocenters. The summed E-state index contributed by atoms with van der Waals surface area (Å²) in [5, 5.41) is 57.1. The number of methoxy groups -OCH3 is 2. The van der Waals surface area contributed by atoms with E-state index in [-0.39, 0.29) is 42.8 Å². The Morgan fingerprint density at radius 3 is 2.32 bits per heavy atom. The zero-order chi connectivity index (χ0) is 30.7. The van der Waals surface area contributed by atoms with Crippen molar-refractivity contribution in [1.29, 1.82) is 0 Å². The van der Waals surface area contributed by atoms with Gasteiger partial charge in [-0.2, -0.15) is 0 Å². The number of benzene rings is 4. The Labute approximate surface area is 253 Å². The third kappa shape index (κ3) is 4.37. The minimum atomic E-state index is -1.16. The standard InChI is InChI=1S/C34H33NO9/c1-41-26-9-18(10-27(42-2)33(26)39)21-15-44-25-11-22-28-20(29(25)32(21)38)7-6-19-24(12-23(37)31(30(19)28)34(40)35-22)43-14-17-5-3-4-16(8-17)13-36/h3-5,8-12,21,32,34-40H,6-7,13-15H2,1-2H3/t21-,32+,34+/m1/s1. The van der Waals surface area contributed by atoms with Crippen LogP contribution in [0, 0.1) is 0 Å². The van der Waals surface area contributed by atoms with Crippen LogP contribution >= 0.6 is 0 Å². The summed E-state index contributed by atoms with van der Waals surface area (Å²) in [7, 11) is 2.90. The molecule has 0 fully saturated rings. The maximum atomic E-state index is 11.9. The van der Waals surface area contributed by atoms with E-state index in [0.717, 1.165) is 27.8 Å². The number of rotatable bonds is 7. The first kappa shape index (κ1) is 28.1. The van der Waals surface area contributed by atoms with Gasteiger partial charge in [-0.1, -0.05) is 24.3 Å². The normalized spacial score (nSPS) is 19.2. The molecule has 2 aliphatic heterocycles. The molecule has 4 aromatic rings. The fraction of sp³-hybridized carbons (Fsp3) is 0.294. The number of aromatic hydroxyl groups is 2. The highest BCUT2D eigenvalue weighted by atomic mass is 16.5. The topological polar surface area (TPSA) is 150 Å². The molecule has 4 aromatic carbocycles. The molecule has 10 nitrogen and oxygen atoms in total. The van der Waals surface area contributed by atoms with Gasteiger partial charge in [0.15, 0.2) is 17.7 Å². The van der Waals surface area contributed by atoms with Gasteiger partial charge in [-0.3, -0.25) is 0 Å². The molecular weight excluding hydrogens is 566 g/mol. The third-order valence-electron chi connectivity index (χ3n) is 8.88. The van der Waals surface area contributed by atoms with E-state index in [1.54, 1.807) is 24.3 Å². The number of aliphatic hydroxyl groups is 3. The molecule has 0 aromatic heterocycles. The summed E-state index contributed by atoms with van der Waals surface area (Å²) in [5.74, 6) is 0.781.